The van der Waals surface area contributed by atoms with Crippen LogP contribution in [0.3, 0.4) is 0 Å². The van der Waals surface area contributed by atoms with Crippen molar-refractivity contribution in [3.05, 3.63) is 11.1 Å². The number of rotatable bonds is 2. The second kappa shape index (κ2) is 2.63. The standard InChI is InChI=1S/C8H11BrO2/c1-8(2)5(3-4-9)6(8)7(10)11/h3-6H,1-2H3,(H,10,11)/b4-3-/t5-,6-/m0/s1. The van der Waals surface area contributed by atoms with Gasteiger partial charge in [-0.15, -0.1) is 0 Å². The lowest BCUT2D eigenvalue weighted by molar-refractivity contribution is -0.139. The van der Waals surface area contributed by atoms with Crippen molar-refractivity contribution in [1.29, 1.82) is 0 Å². The fourth-order valence-corrected chi connectivity index (χ4v) is 1.92. The highest BCUT2D eigenvalue weighted by molar-refractivity contribution is 9.11. The predicted octanol–water partition coefficient (Wildman–Crippen LogP) is 2.25. The molecular weight excluding hydrogens is 208 g/mol. The lowest BCUT2D eigenvalue weighted by Crippen LogP contribution is -2.02. The molecule has 1 fully saturated rings. The summed E-state index contributed by atoms with van der Waals surface area (Å²) in [6.07, 6.45) is 1.90. The molecule has 0 radical (unpaired) electrons. The molecule has 0 aromatic carbocycles. The van der Waals surface area contributed by atoms with E-state index in [2.05, 4.69) is 15.9 Å². The largest absolute Gasteiger partial charge is 0.481 e. The van der Waals surface area contributed by atoms with Crippen LogP contribution in [0.1, 0.15) is 13.8 Å². The first-order chi connectivity index (χ1) is 5.01. The van der Waals surface area contributed by atoms with E-state index in [0.29, 0.717) is 0 Å². The molecule has 0 unspecified atom stereocenters. The molecule has 3 heteroatoms. The summed E-state index contributed by atoms with van der Waals surface area (Å²) in [5, 5.41) is 8.74. The third kappa shape index (κ3) is 1.34. The summed E-state index contributed by atoms with van der Waals surface area (Å²) in [6, 6.07) is 0. The highest BCUT2D eigenvalue weighted by atomic mass is 79.9. The minimum atomic E-state index is -0.689. The van der Waals surface area contributed by atoms with Gasteiger partial charge in [0.25, 0.3) is 0 Å². The number of carbonyl (C=O) groups is 1. The maximum Gasteiger partial charge on any atom is 0.307 e. The third-order valence-electron chi connectivity index (χ3n) is 2.46. The molecule has 1 N–H and O–H groups in total. The van der Waals surface area contributed by atoms with Crippen LogP contribution in [0.4, 0.5) is 0 Å². The molecule has 0 bridgehead atoms. The molecule has 0 heterocycles. The van der Waals surface area contributed by atoms with Gasteiger partial charge in [-0.1, -0.05) is 35.9 Å². The normalized spacial score (nSPS) is 34.1. The Balaban J connectivity index is 2.68. The molecule has 1 rings (SSSR count). The molecule has 0 aliphatic heterocycles. The Kier molecular flexibility index (Phi) is 2.10. The van der Waals surface area contributed by atoms with Crippen LogP contribution in [0.2, 0.25) is 0 Å². The lowest BCUT2D eigenvalue weighted by Gasteiger charge is -1.95. The van der Waals surface area contributed by atoms with Crippen molar-refractivity contribution in [3.63, 3.8) is 0 Å². The maximum atomic E-state index is 10.6. The Morgan fingerprint density at radius 1 is 1.64 bits per heavy atom. The molecule has 1 aliphatic rings. The van der Waals surface area contributed by atoms with E-state index in [-0.39, 0.29) is 17.3 Å². The monoisotopic (exact) mass is 218 g/mol. The summed E-state index contributed by atoms with van der Waals surface area (Å²) in [7, 11) is 0. The first-order valence-corrected chi connectivity index (χ1v) is 4.43. The van der Waals surface area contributed by atoms with Gasteiger partial charge in [-0.3, -0.25) is 4.79 Å². The van der Waals surface area contributed by atoms with Crippen molar-refractivity contribution in [1.82, 2.24) is 0 Å². The Bertz CT molecular complexity index is 208. The summed E-state index contributed by atoms with van der Waals surface area (Å²) >= 11 is 3.14. The van der Waals surface area contributed by atoms with E-state index in [9.17, 15) is 4.79 Å². The lowest BCUT2D eigenvalue weighted by atomic mass is 10.1. The van der Waals surface area contributed by atoms with Crippen LogP contribution in [0, 0.1) is 17.3 Å². The summed E-state index contributed by atoms with van der Waals surface area (Å²) in [5.41, 5.74) is -0.0594. The number of aliphatic carboxylic acids is 1. The Morgan fingerprint density at radius 2 is 2.18 bits per heavy atom. The van der Waals surface area contributed by atoms with E-state index in [4.69, 9.17) is 5.11 Å². The average Bonchev–Trinajstić information content (AvgIpc) is 2.35. The van der Waals surface area contributed by atoms with Crippen molar-refractivity contribution in [3.8, 4) is 0 Å². The van der Waals surface area contributed by atoms with Gasteiger partial charge in [0.2, 0.25) is 0 Å². The van der Waals surface area contributed by atoms with Crippen molar-refractivity contribution in [2.45, 2.75) is 13.8 Å². The first-order valence-electron chi connectivity index (χ1n) is 3.51. The fraction of sp³-hybridized carbons (Fsp3) is 0.625. The van der Waals surface area contributed by atoms with Gasteiger partial charge in [0, 0.05) is 0 Å². The molecule has 2 nitrogen and oxygen atoms in total. The maximum absolute atomic E-state index is 10.6. The summed E-state index contributed by atoms with van der Waals surface area (Å²) in [6.45, 7) is 3.95. The van der Waals surface area contributed by atoms with E-state index >= 15 is 0 Å². The Labute approximate surface area is 74.4 Å². The quantitative estimate of drug-likeness (QED) is 0.773. The van der Waals surface area contributed by atoms with E-state index < -0.39 is 5.97 Å². The van der Waals surface area contributed by atoms with Crippen LogP contribution in [0.5, 0.6) is 0 Å². The predicted molar refractivity (Wildman–Crippen MR) is 46.5 cm³/mol. The minimum absolute atomic E-state index is 0.0594. The molecule has 11 heavy (non-hydrogen) atoms. The highest BCUT2D eigenvalue weighted by Crippen LogP contribution is 2.59. The molecule has 0 aromatic rings. The molecule has 1 aliphatic carbocycles. The van der Waals surface area contributed by atoms with Gasteiger partial charge in [0.15, 0.2) is 0 Å². The molecular formula is C8H11BrO2. The first kappa shape index (κ1) is 8.78. The molecule has 0 saturated heterocycles. The number of hydrogen-bond acceptors (Lipinski definition) is 1. The molecule has 0 aromatic heterocycles. The van der Waals surface area contributed by atoms with E-state index in [1.807, 2.05) is 19.9 Å². The zero-order valence-electron chi connectivity index (χ0n) is 6.54. The fourth-order valence-electron chi connectivity index (χ4n) is 1.59. The number of hydrogen-bond donors (Lipinski definition) is 1. The van der Waals surface area contributed by atoms with Crippen LogP contribution < -0.4 is 0 Å². The van der Waals surface area contributed by atoms with Crippen LogP contribution >= 0.6 is 15.9 Å². The smallest absolute Gasteiger partial charge is 0.307 e. The van der Waals surface area contributed by atoms with Gasteiger partial charge in [-0.2, -0.15) is 0 Å². The second-order valence-corrected chi connectivity index (χ2v) is 4.01. The minimum Gasteiger partial charge on any atom is -0.481 e. The van der Waals surface area contributed by atoms with Gasteiger partial charge in [0.05, 0.1) is 5.92 Å². The SMILES string of the molecule is CC1(C)[C@H](C(=O)O)[C@@H]1/C=C\Br. The highest BCUT2D eigenvalue weighted by Gasteiger charge is 2.60. The average molecular weight is 219 g/mol. The Hall–Kier alpha value is -0.310. The number of halogens is 1. The summed E-state index contributed by atoms with van der Waals surface area (Å²) in [4.78, 5) is 12.4. The summed E-state index contributed by atoms with van der Waals surface area (Å²) < 4.78 is 0. The van der Waals surface area contributed by atoms with Crippen LogP contribution in [0.15, 0.2) is 11.1 Å². The van der Waals surface area contributed by atoms with E-state index in [0.717, 1.165) is 0 Å². The van der Waals surface area contributed by atoms with Gasteiger partial charge in [0.1, 0.15) is 0 Å². The number of carboxylic acids is 1. The van der Waals surface area contributed by atoms with Crippen molar-refractivity contribution >= 4 is 21.9 Å². The molecule has 0 spiro atoms. The van der Waals surface area contributed by atoms with Gasteiger partial charge >= 0.3 is 5.97 Å². The van der Waals surface area contributed by atoms with Crippen molar-refractivity contribution in [2.24, 2.45) is 17.3 Å². The third-order valence-corrected chi connectivity index (χ3v) is 2.76. The van der Waals surface area contributed by atoms with Gasteiger partial charge in [-0.05, 0) is 16.3 Å². The van der Waals surface area contributed by atoms with Crippen LogP contribution in [-0.2, 0) is 4.79 Å². The van der Waals surface area contributed by atoms with Gasteiger partial charge in [-0.25, -0.2) is 0 Å². The van der Waals surface area contributed by atoms with Crippen molar-refractivity contribution in [2.75, 3.05) is 0 Å². The zero-order valence-corrected chi connectivity index (χ0v) is 8.13. The molecule has 2 atom stereocenters. The van der Waals surface area contributed by atoms with Crippen LogP contribution in [0.25, 0.3) is 0 Å². The summed E-state index contributed by atoms with van der Waals surface area (Å²) in [5.74, 6) is -0.693. The van der Waals surface area contributed by atoms with Crippen LogP contribution in [-0.4, -0.2) is 11.1 Å². The van der Waals surface area contributed by atoms with Crippen molar-refractivity contribution < 1.29 is 9.90 Å². The number of allylic oxidation sites excluding steroid dienone is 1. The zero-order chi connectivity index (χ0) is 8.65. The second-order valence-electron chi connectivity index (χ2n) is 3.48. The van der Waals surface area contributed by atoms with E-state index in [1.165, 1.54) is 0 Å². The Morgan fingerprint density at radius 3 is 2.45 bits per heavy atom. The molecule has 0 amide bonds. The molecule has 62 valence electrons. The number of carboxylic acid groups (broad SMARTS) is 1. The topological polar surface area (TPSA) is 37.3 Å². The molecule has 1 saturated carbocycles. The van der Waals surface area contributed by atoms with E-state index in [1.54, 1.807) is 4.99 Å². The van der Waals surface area contributed by atoms with Gasteiger partial charge < -0.3 is 5.11 Å².